The monoisotopic (exact) mass is 238 g/mol. The molecule has 1 aromatic carbocycles. The minimum Gasteiger partial charge on any atom is -0.502 e. The molecule has 0 unspecified atom stereocenters. The molecule has 17 heavy (non-hydrogen) atoms. The van der Waals surface area contributed by atoms with E-state index in [4.69, 9.17) is 0 Å². The van der Waals surface area contributed by atoms with Crippen LogP contribution in [-0.4, -0.2) is 15.9 Å². The maximum Gasteiger partial charge on any atom is 0.315 e. The fourth-order valence-electron chi connectivity index (χ4n) is 1.64. The van der Waals surface area contributed by atoms with Crippen molar-refractivity contribution in [1.82, 2.24) is 0 Å². The summed E-state index contributed by atoms with van der Waals surface area (Å²) in [6.07, 6.45) is 1.09. The second-order valence-electron chi connectivity index (χ2n) is 3.65. The van der Waals surface area contributed by atoms with Crippen molar-refractivity contribution < 1.29 is 14.8 Å². The molecule has 92 valence electrons. The molecular weight excluding hydrogens is 224 g/mol. The van der Waals surface area contributed by atoms with Crippen LogP contribution < -0.4 is 5.32 Å². The number of hydrogen-bond donors (Lipinski definition) is 2. The SMILES string of the molecule is CCCc1c(NC(C)=O)ccc(O)c1[N+](=O)[O-]. The predicted octanol–water partition coefficient (Wildman–Crippen LogP) is 2.21. The Morgan fingerprint density at radius 2 is 2.18 bits per heavy atom. The van der Waals surface area contributed by atoms with Crippen molar-refractivity contribution in [2.45, 2.75) is 26.7 Å². The lowest BCUT2D eigenvalue weighted by molar-refractivity contribution is -0.386. The highest BCUT2D eigenvalue weighted by Crippen LogP contribution is 2.35. The summed E-state index contributed by atoms with van der Waals surface area (Å²) in [5.41, 5.74) is 0.398. The summed E-state index contributed by atoms with van der Waals surface area (Å²) in [4.78, 5) is 21.2. The molecule has 0 atom stereocenters. The fourth-order valence-corrected chi connectivity index (χ4v) is 1.64. The number of amides is 1. The van der Waals surface area contributed by atoms with E-state index in [2.05, 4.69) is 5.32 Å². The van der Waals surface area contributed by atoms with E-state index < -0.39 is 4.92 Å². The van der Waals surface area contributed by atoms with Crippen LogP contribution >= 0.6 is 0 Å². The van der Waals surface area contributed by atoms with Crippen molar-refractivity contribution in [3.05, 3.63) is 27.8 Å². The minimum atomic E-state index is -0.633. The summed E-state index contributed by atoms with van der Waals surface area (Å²) in [5.74, 6) is -0.685. The molecule has 0 saturated heterocycles. The van der Waals surface area contributed by atoms with Gasteiger partial charge >= 0.3 is 5.69 Å². The normalized spacial score (nSPS) is 10.0. The van der Waals surface area contributed by atoms with Crippen LogP contribution in [0.15, 0.2) is 12.1 Å². The third kappa shape index (κ3) is 2.93. The lowest BCUT2D eigenvalue weighted by Crippen LogP contribution is -2.09. The Morgan fingerprint density at radius 3 is 2.65 bits per heavy atom. The molecule has 0 aliphatic carbocycles. The number of aromatic hydroxyl groups is 1. The Labute approximate surface area is 98.4 Å². The van der Waals surface area contributed by atoms with Crippen molar-refractivity contribution in [3.63, 3.8) is 0 Å². The van der Waals surface area contributed by atoms with Gasteiger partial charge in [0.2, 0.25) is 5.91 Å². The number of phenolic OH excluding ortho intramolecular Hbond substituents is 1. The lowest BCUT2D eigenvalue weighted by Gasteiger charge is -2.10. The summed E-state index contributed by atoms with van der Waals surface area (Å²) in [6.45, 7) is 3.19. The van der Waals surface area contributed by atoms with Crippen LogP contribution in [0.3, 0.4) is 0 Å². The van der Waals surface area contributed by atoms with E-state index >= 15 is 0 Å². The molecule has 0 bridgehead atoms. The van der Waals surface area contributed by atoms with Gasteiger partial charge in [0.05, 0.1) is 16.2 Å². The summed E-state index contributed by atoms with van der Waals surface area (Å²) in [5, 5.41) is 22.9. The smallest absolute Gasteiger partial charge is 0.315 e. The number of nitrogens with one attached hydrogen (secondary N) is 1. The average molecular weight is 238 g/mol. The summed E-state index contributed by atoms with van der Waals surface area (Å²) in [6, 6.07) is 2.68. The largest absolute Gasteiger partial charge is 0.502 e. The first-order valence-electron chi connectivity index (χ1n) is 5.24. The van der Waals surface area contributed by atoms with E-state index in [-0.39, 0.29) is 17.3 Å². The molecule has 0 aliphatic rings. The second-order valence-corrected chi connectivity index (χ2v) is 3.65. The Balaban J connectivity index is 3.35. The molecule has 0 radical (unpaired) electrons. The highest BCUT2D eigenvalue weighted by Gasteiger charge is 2.22. The first-order chi connectivity index (χ1) is 7.97. The molecule has 0 saturated carbocycles. The average Bonchev–Trinajstić information content (AvgIpc) is 2.21. The van der Waals surface area contributed by atoms with Crippen LogP contribution in [0, 0.1) is 10.1 Å². The molecule has 0 aliphatic heterocycles. The number of benzene rings is 1. The minimum absolute atomic E-state index is 0.303. The highest BCUT2D eigenvalue weighted by atomic mass is 16.6. The van der Waals surface area contributed by atoms with Crippen LogP contribution in [0.2, 0.25) is 0 Å². The van der Waals surface area contributed by atoms with Crippen molar-refractivity contribution in [3.8, 4) is 5.75 Å². The van der Waals surface area contributed by atoms with Gasteiger partial charge in [0.1, 0.15) is 0 Å². The first kappa shape index (κ1) is 13.0. The number of nitro groups is 1. The van der Waals surface area contributed by atoms with Crippen molar-refractivity contribution >= 4 is 17.3 Å². The van der Waals surface area contributed by atoms with Gasteiger partial charge in [-0.3, -0.25) is 14.9 Å². The van der Waals surface area contributed by atoms with E-state index in [1.165, 1.54) is 19.1 Å². The Morgan fingerprint density at radius 1 is 1.53 bits per heavy atom. The summed E-state index contributed by atoms with van der Waals surface area (Å²) >= 11 is 0. The summed E-state index contributed by atoms with van der Waals surface area (Å²) in [7, 11) is 0. The van der Waals surface area contributed by atoms with Crippen LogP contribution in [0.5, 0.6) is 5.75 Å². The van der Waals surface area contributed by atoms with Crippen LogP contribution in [0.4, 0.5) is 11.4 Å². The third-order valence-electron chi connectivity index (χ3n) is 2.25. The number of rotatable bonds is 4. The van der Waals surface area contributed by atoms with E-state index in [1.807, 2.05) is 6.92 Å². The first-order valence-corrected chi connectivity index (χ1v) is 5.24. The van der Waals surface area contributed by atoms with Crippen molar-refractivity contribution in [2.75, 3.05) is 5.32 Å². The molecule has 0 fully saturated rings. The molecule has 1 rings (SSSR count). The molecule has 6 nitrogen and oxygen atoms in total. The predicted molar refractivity (Wildman–Crippen MR) is 63.1 cm³/mol. The number of hydrogen-bond acceptors (Lipinski definition) is 4. The van der Waals surface area contributed by atoms with Gasteiger partial charge in [-0.05, 0) is 18.6 Å². The zero-order chi connectivity index (χ0) is 13.0. The van der Waals surface area contributed by atoms with Crippen LogP contribution in [-0.2, 0) is 11.2 Å². The van der Waals surface area contributed by atoms with E-state index in [0.29, 0.717) is 24.1 Å². The molecule has 6 heteroatoms. The lowest BCUT2D eigenvalue weighted by atomic mass is 10.0. The maximum absolute atomic E-state index is 11.0. The number of anilines is 1. The second kappa shape index (κ2) is 5.29. The van der Waals surface area contributed by atoms with Gasteiger partial charge in [0, 0.05) is 6.92 Å². The molecule has 0 aromatic heterocycles. The Hall–Kier alpha value is -2.11. The van der Waals surface area contributed by atoms with Gasteiger partial charge in [-0.15, -0.1) is 0 Å². The highest BCUT2D eigenvalue weighted by molar-refractivity contribution is 5.90. The number of carbonyl (C=O) groups excluding carboxylic acids is 1. The molecule has 0 heterocycles. The standard InChI is InChI=1S/C11H14N2O4/c1-3-4-8-9(12-7(2)14)5-6-10(15)11(8)13(16)17/h5-6,15H,3-4H2,1-2H3,(H,12,14). The molecular formula is C11H14N2O4. The van der Waals surface area contributed by atoms with Crippen LogP contribution in [0.1, 0.15) is 25.8 Å². The molecule has 1 amide bonds. The number of phenols is 1. The molecule has 2 N–H and O–H groups in total. The topological polar surface area (TPSA) is 92.5 Å². The zero-order valence-corrected chi connectivity index (χ0v) is 9.69. The maximum atomic E-state index is 11.0. The van der Waals surface area contributed by atoms with Crippen LogP contribution in [0.25, 0.3) is 0 Å². The zero-order valence-electron chi connectivity index (χ0n) is 9.69. The van der Waals surface area contributed by atoms with Gasteiger partial charge in [-0.1, -0.05) is 13.3 Å². The van der Waals surface area contributed by atoms with Crippen molar-refractivity contribution in [2.24, 2.45) is 0 Å². The number of nitrogens with zero attached hydrogens (tertiary/aromatic N) is 1. The van der Waals surface area contributed by atoms with E-state index in [1.54, 1.807) is 0 Å². The Bertz CT molecular complexity index is 457. The van der Waals surface area contributed by atoms with Gasteiger partial charge in [-0.2, -0.15) is 0 Å². The van der Waals surface area contributed by atoms with E-state index in [9.17, 15) is 20.0 Å². The fraction of sp³-hybridized carbons (Fsp3) is 0.364. The van der Waals surface area contributed by atoms with Gasteiger partial charge in [-0.25, -0.2) is 0 Å². The van der Waals surface area contributed by atoms with Crippen molar-refractivity contribution in [1.29, 1.82) is 0 Å². The van der Waals surface area contributed by atoms with Gasteiger partial charge in [0.15, 0.2) is 5.75 Å². The number of nitro benzene ring substituents is 1. The van der Waals surface area contributed by atoms with E-state index in [0.717, 1.165) is 0 Å². The molecule has 0 spiro atoms. The molecule has 1 aromatic rings. The Kier molecular flexibility index (Phi) is 4.03. The third-order valence-corrected chi connectivity index (χ3v) is 2.25. The summed E-state index contributed by atoms with van der Waals surface area (Å²) < 4.78 is 0. The van der Waals surface area contributed by atoms with Gasteiger partial charge < -0.3 is 10.4 Å². The quantitative estimate of drug-likeness (QED) is 0.477. The van der Waals surface area contributed by atoms with Gasteiger partial charge in [0.25, 0.3) is 0 Å². The number of carbonyl (C=O) groups is 1.